The lowest BCUT2D eigenvalue weighted by Crippen LogP contribution is -2.25. The van der Waals surface area contributed by atoms with Gasteiger partial charge in [0.15, 0.2) is 5.58 Å². The Hall–Kier alpha value is -2.24. The number of rotatable bonds is 5. The summed E-state index contributed by atoms with van der Waals surface area (Å²) in [6, 6.07) is 9.76. The van der Waals surface area contributed by atoms with Gasteiger partial charge >= 0.3 is 0 Å². The molecule has 0 saturated heterocycles. The third kappa shape index (κ3) is 3.15. The summed E-state index contributed by atoms with van der Waals surface area (Å²) in [6.07, 6.45) is 0.704. The molecule has 0 unspecified atom stereocenters. The number of hydrogen-bond donors (Lipinski definition) is 0. The van der Waals surface area contributed by atoms with E-state index < -0.39 is 0 Å². The highest BCUT2D eigenvalue weighted by atomic mass is 35.5. The van der Waals surface area contributed by atoms with Crippen LogP contribution < -0.4 is 4.90 Å². The fraction of sp³-hybridized carbons (Fsp3) is 0.308. The topological polar surface area (TPSA) is 76.8 Å². The lowest BCUT2D eigenvalue weighted by molar-refractivity contribution is 0.568. The minimum absolute atomic E-state index is 0.352. The van der Waals surface area contributed by atoms with Gasteiger partial charge in [0, 0.05) is 18.1 Å². The van der Waals surface area contributed by atoms with Crippen LogP contribution >= 0.6 is 11.6 Å². The maximum Gasteiger partial charge on any atom is 0.298 e. The quantitative estimate of drug-likeness (QED) is 0.837. The molecule has 0 amide bonds. The molecular weight excluding hydrogens is 264 g/mol. The molecule has 96 valence electrons. The van der Waals surface area contributed by atoms with Crippen LogP contribution in [0.2, 0.25) is 5.02 Å². The van der Waals surface area contributed by atoms with Crippen LogP contribution in [0.15, 0.2) is 22.6 Å². The zero-order valence-corrected chi connectivity index (χ0v) is 10.9. The van der Waals surface area contributed by atoms with Crippen molar-refractivity contribution < 1.29 is 4.42 Å². The van der Waals surface area contributed by atoms with Crippen molar-refractivity contribution in [3.63, 3.8) is 0 Å². The van der Waals surface area contributed by atoms with E-state index in [0.717, 1.165) is 0 Å². The van der Waals surface area contributed by atoms with E-state index in [0.29, 0.717) is 48.1 Å². The fourth-order valence-corrected chi connectivity index (χ4v) is 1.86. The molecule has 0 aliphatic heterocycles. The van der Waals surface area contributed by atoms with Crippen LogP contribution in [0.4, 0.5) is 6.01 Å². The first-order valence-electron chi connectivity index (χ1n) is 5.79. The highest BCUT2D eigenvalue weighted by molar-refractivity contribution is 6.31. The van der Waals surface area contributed by atoms with Crippen molar-refractivity contribution in [1.82, 2.24) is 4.98 Å². The Morgan fingerprint density at radius 3 is 2.53 bits per heavy atom. The zero-order valence-electron chi connectivity index (χ0n) is 10.1. The summed E-state index contributed by atoms with van der Waals surface area (Å²) >= 11 is 5.89. The van der Waals surface area contributed by atoms with E-state index in [1.54, 1.807) is 23.1 Å². The van der Waals surface area contributed by atoms with Crippen LogP contribution in [0.5, 0.6) is 0 Å². The van der Waals surface area contributed by atoms with Gasteiger partial charge in [0.25, 0.3) is 6.01 Å². The van der Waals surface area contributed by atoms with Crippen LogP contribution in [0.1, 0.15) is 12.8 Å². The minimum Gasteiger partial charge on any atom is -0.423 e. The number of fused-ring (bicyclic) bond motifs is 1. The summed E-state index contributed by atoms with van der Waals surface area (Å²) in [6.45, 7) is 0.970. The van der Waals surface area contributed by atoms with E-state index >= 15 is 0 Å². The number of benzene rings is 1. The van der Waals surface area contributed by atoms with Crippen LogP contribution in [-0.2, 0) is 0 Å². The Bertz CT molecular complexity index is 635. The minimum atomic E-state index is 0.352. The Morgan fingerprint density at radius 2 is 1.89 bits per heavy atom. The lowest BCUT2D eigenvalue weighted by Gasteiger charge is -2.17. The molecule has 0 saturated carbocycles. The summed E-state index contributed by atoms with van der Waals surface area (Å²) in [5, 5.41) is 17.9. The summed E-state index contributed by atoms with van der Waals surface area (Å²) < 4.78 is 5.62. The second-order valence-electron chi connectivity index (χ2n) is 3.91. The number of anilines is 1. The van der Waals surface area contributed by atoms with Crippen molar-refractivity contribution in [2.45, 2.75) is 12.8 Å². The molecule has 0 N–H and O–H groups in total. The Kier molecular flexibility index (Phi) is 4.22. The predicted octanol–water partition coefficient (Wildman–Crippen LogP) is 3.11. The van der Waals surface area contributed by atoms with Gasteiger partial charge < -0.3 is 9.32 Å². The van der Waals surface area contributed by atoms with Gasteiger partial charge in [-0.05, 0) is 18.2 Å². The van der Waals surface area contributed by atoms with E-state index in [4.69, 9.17) is 26.5 Å². The van der Waals surface area contributed by atoms with Crippen LogP contribution in [0.25, 0.3) is 11.1 Å². The van der Waals surface area contributed by atoms with E-state index in [-0.39, 0.29) is 0 Å². The van der Waals surface area contributed by atoms with E-state index in [2.05, 4.69) is 17.1 Å². The highest BCUT2D eigenvalue weighted by Gasteiger charge is 2.13. The van der Waals surface area contributed by atoms with E-state index in [1.165, 1.54) is 0 Å². The molecule has 0 atom stereocenters. The van der Waals surface area contributed by atoms with Crippen LogP contribution in [0.3, 0.4) is 0 Å². The van der Waals surface area contributed by atoms with Gasteiger partial charge in [-0.15, -0.1) is 0 Å². The van der Waals surface area contributed by atoms with Crippen molar-refractivity contribution >= 4 is 28.7 Å². The van der Waals surface area contributed by atoms with Crippen molar-refractivity contribution in [3.8, 4) is 12.1 Å². The van der Waals surface area contributed by atoms with Gasteiger partial charge in [0.1, 0.15) is 5.52 Å². The molecule has 0 spiro atoms. The van der Waals surface area contributed by atoms with Gasteiger partial charge in [-0.2, -0.15) is 15.5 Å². The number of oxazole rings is 1. The highest BCUT2D eigenvalue weighted by Crippen LogP contribution is 2.24. The van der Waals surface area contributed by atoms with Gasteiger partial charge in [-0.3, -0.25) is 0 Å². The zero-order chi connectivity index (χ0) is 13.7. The number of aromatic nitrogens is 1. The number of hydrogen-bond acceptors (Lipinski definition) is 5. The lowest BCUT2D eigenvalue weighted by atomic mass is 10.3. The Morgan fingerprint density at radius 1 is 1.21 bits per heavy atom. The van der Waals surface area contributed by atoms with Crippen molar-refractivity contribution in [2.75, 3.05) is 18.0 Å². The Labute approximate surface area is 115 Å². The SMILES string of the molecule is N#CCCN(CCC#N)c1nc2cc(Cl)ccc2o1. The first kappa shape index (κ1) is 13.2. The normalized spacial score (nSPS) is 10.1. The van der Waals surface area contributed by atoms with Gasteiger partial charge in [0.05, 0.1) is 25.0 Å². The van der Waals surface area contributed by atoms with Crippen molar-refractivity contribution in [1.29, 1.82) is 10.5 Å². The molecule has 0 fully saturated rings. The van der Waals surface area contributed by atoms with E-state index in [1.807, 2.05) is 0 Å². The predicted molar refractivity (Wildman–Crippen MR) is 71.7 cm³/mol. The van der Waals surface area contributed by atoms with Crippen LogP contribution in [0, 0.1) is 22.7 Å². The third-order valence-corrected chi connectivity index (χ3v) is 2.83. The first-order valence-corrected chi connectivity index (χ1v) is 6.17. The van der Waals surface area contributed by atoms with Gasteiger partial charge in [-0.1, -0.05) is 11.6 Å². The Balaban J connectivity index is 2.27. The molecule has 2 aromatic rings. The van der Waals surface area contributed by atoms with Crippen molar-refractivity contribution in [3.05, 3.63) is 23.2 Å². The van der Waals surface area contributed by atoms with Gasteiger partial charge in [0.2, 0.25) is 0 Å². The maximum absolute atomic E-state index is 8.65. The second kappa shape index (κ2) is 6.08. The summed E-state index contributed by atoms with van der Waals surface area (Å²) in [5.41, 5.74) is 1.31. The molecule has 5 nitrogen and oxygen atoms in total. The standard InChI is InChI=1S/C13H11ClN4O/c14-10-3-4-12-11(9-10)17-13(19-12)18(7-1-5-15)8-2-6-16/h3-4,9H,1-2,7-8H2. The maximum atomic E-state index is 8.65. The average molecular weight is 275 g/mol. The third-order valence-electron chi connectivity index (χ3n) is 2.60. The fourth-order valence-electron chi connectivity index (χ4n) is 1.70. The molecule has 2 rings (SSSR count). The van der Waals surface area contributed by atoms with Crippen LogP contribution in [-0.4, -0.2) is 18.1 Å². The summed E-state index contributed by atoms with van der Waals surface area (Å²) in [7, 11) is 0. The number of nitriles is 2. The first-order chi connectivity index (χ1) is 9.24. The smallest absolute Gasteiger partial charge is 0.298 e. The molecular formula is C13H11ClN4O. The molecule has 1 aromatic carbocycles. The van der Waals surface area contributed by atoms with Crippen molar-refractivity contribution in [2.24, 2.45) is 0 Å². The summed E-state index contributed by atoms with van der Waals surface area (Å²) in [5.74, 6) is 0. The molecule has 0 aliphatic carbocycles. The number of halogens is 1. The average Bonchev–Trinajstić information content (AvgIpc) is 2.81. The summed E-state index contributed by atoms with van der Waals surface area (Å²) in [4.78, 5) is 6.13. The molecule has 0 bridgehead atoms. The molecule has 1 heterocycles. The molecule has 0 radical (unpaired) electrons. The molecule has 0 aliphatic rings. The molecule has 6 heteroatoms. The molecule has 19 heavy (non-hydrogen) atoms. The largest absolute Gasteiger partial charge is 0.423 e. The monoisotopic (exact) mass is 274 g/mol. The second-order valence-corrected chi connectivity index (χ2v) is 4.35. The molecule has 1 aromatic heterocycles. The van der Waals surface area contributed by atoms with Gasteiger partial charge in [-0.25, -0.2) is 0 Å². The van der Waals surface area contributed by atoms with E-state index in [9.17, 15) is 0 Å². The number of nitrogens with zero attached hydrogens (tertiary/aromatic N) is 4.